The lowest BCUT2D eigenvalue weighted by Gasteiger charge is -2.11. The Kier molecular flexibility index (Phi) is 19.1. The summed E-state index contributed by atoms with van der Waals surface area (Å²) in [7, 11) is 0. The zero-order chi connectivity index (χ0) is 18.8. The van der Waals surface area contributed by atoms with Crippen molar-refractivity contribution in [1.29, 1.82) is 0 Å². The van der Waals surface area contributed by atoms with Gasteiger partial charge in [0.15, 0.2) is 0 Å². The summed E-state index contributed by atoms with van der Waals surface area (Å²) in [5, 5.41) is 11.1. The van der Waals surface area contributed by atoms with Crippen molar-refractivity contribution < 1.29 is 9.59 Å². The molecule has 24 heavy (non-hydrogen) atoms. The Morgan fingerprint density at radius 1 is 0.708 bits per heavy atom. The van der Waals surface area contributed by atoms with Crippen LogP contribution >= 0.6 is 46.4 Å². The molecule has 0 spiro atoms. The van der Waals surface area contributed by atoms with Gasteiger partial charge in [0.2, 0.25) is 0 Å². The highest BCUT2D eigenvalue weighted by molar-refractivity contribution is 6.18. The van der Waals surface area contributed by atoms with Crippen LogP contribution in [0.3, 0.4) is 0 Å². The average Bonchev–Trinajstić information content (AvgIpc) is 2.60. The van der Waals surface area contributed by atoms with E-state index in [4.69, 9.17) is 46.4 Å². The number of halogens is 4. The Bertz CT molecular complexity index is 345. The minimum Gasteiger partial charge on any atom is -0.335 e. The van der Waals surface area contributed by atoms with Crippen LogP contribution in [-0.4, -0.2) is 71.8 Å². The highest BCUT2D eigenvalue weighted by atomic mass is 35.5. The predicted octanol–water partition coefficient (Wildman–Crippen LogP) is 2.31. The average molecular weight is 428 g/mol. The van der Waals surface area contributed by atoms with Crippen LogP contribution in [0, 0.1) is 9.81 Å². The highest BCUT2D eigenvalue weighted by Crippen LogP contribution is 1.92. The minimum atomic E-state index is -0.578. The number of nitroso groups, excluding NO2 is 2. The lowest BCUT2D eigenvalue weighted by atomic mass is 10.6. The first-order chi connectivity index (χ1) is 11.5. The van der Waals surface area contributed by atoms with Crippen molar-refractivity contribution in [3.63, 3.8) is 0 Å². The van der Waals surface area contributed by atoms with Gasteiger partial charge < -0.3 is 10.6 Å². The van der Waals surface area contributed by atoms with Gasteiger partial charge in [0.25, 0.3) is 0 Å². The van der Waals surface area contributed by atoms with Gasteiger partial charge in [0.1, 0.15) is 0 Å². The first-order valence-electron chi connectivity index (χ1n) is 6.53. The van der Waals surface area contributed by atoms with Crippen LogP contribution in [0.5, 0.6) is 0 Å². The van der Waals surface area contributed by atoms with Crippen molar-refractivity contribution in [2.45, 2.75) is 0 Å². The molecule has 0 aromatic carbocycles. The van der Waals surface area contributed by atoms with E-state index >= 15 is 0 Å². The number of rotatable bonds is 10. The van der Waals surface area contributed by atoms with E-state index in [0.29, 0.717) is 34.9 Å². The second kappa shape index (κ2) is 18.2. The van der Waals surface area contributed by atoms with E-state index in [-0.39, 0.29) is 24.8 Å². The van der Waals surface area contributed by atoms with Gasteiger partial charge in [-0.15, -0.1) is 56.2 Å². The van der Waals surface area contributed by atoms with E-state index in [0.717, 1.165) is 0 Å². The monoisotopic (exact) mass is 426 g/mol. The van der Waals surface area contributed by atoms with Gasteiger partial charge >= 0.3 is 12.1 Å². The summed E-state index contributed by atoms with van der Waals surface area (Å²) in [5.74, 6) is 0.915. The van der Waals surface area contributed by atoms with Crippen molar-refractivity contribution in [1.82, 2.24) is 20.7 Å². The standard InChI is InChI=1S/2C5H9Cl2N3O2/c2*6-1-3-8-5(11)10(9-12)4-2-7/h2*1-4H2,(H,8,11). The summed E-state index contributed by atoms with van der Waals surface area (Å²) in [6, 6.07) is -1.16. The lowest BCUT2D eigenvalue weighted by molar-refractivity contribution is 0.202. The normalized spacial score (nSPS) is 9.17. The molecule has 0 aliphatic carbocycles. The third-order valence-electron chi connectivity index (χ3n) is 2.00. The van der Waals surface area contributed by atoms with Crippen molar-refractivity contribution in [2.75, 3.05) is 49.7 Å². The summed E-state index contributed by atoms with van der Waals surface area (Å²) in [6.07, 6.45) is 0. The molecule has 0 aromatic heterocycles. The zero-order valence-electron chi connectivity index (χ0n) is 12.6. The molecular weight excluding hydrogens is 410 g/mol. The minimum absolute atomic E-state index is 0.0964. The fraction of sp³-hybridized carbons (Fsp3) is 0.800. The van der Waals surface area contributed by atoms with Crippen LogP contribution in [0.2, 0.25) is 0 Å². The highest BCUT2D eigenvalue weighted by Gasteiger charge is 2.12. The largest absolute Gasteiger partial charge is 0.340 e. The first kappa shape index (κ1) is 25.1. The van der Waals surface area contributed by atoms with Gasteiger partial charge in [-0.25, -0.2) is 9.59 Å². The Labute approximate surface area is 159 Å². The van der Waals surface area contributed by atoms with Crippen LogP contribution in [0.4, 0.5) is 9.59 Å². The van der Waals surface area contributed by atoms with Crippen LogP contribution in [-0.2, 0) is 0 Å². The van der Waals surface area contributed by atoms with E-state index in [1.54, 1.807) is 0 Å². The summed E-state index contributed by atoms with van der Waals surface area (Å²) < 4.78 is 0. The van der Waals surface area contributed by atoms with E-state index in [9.17, 15) is 19.4 Å². The van der Waals surface area contributed by atoms with Crippen LogP contribution in [0.1, 0.15) is 0 Å². The molecule has 0 saturated heterocycles. The van der Waals surface area contributed by atoms with Crippen molar-refractivity contribution in [2.24, 2.45) is 10.6 Å². The lowest BCUT2D eigenvalue weighted by Crippen LogP contribution is -2.38. The maximum atomic E-state index is 10.9. The molecule has 0 heterocycles. The molecule has 0 aliphatic heterocycles. The predicted molar refractivity (Wildman–Crippen MR) is 94.7 cm³/mol. The number of carbonyl (C=O) groups is 2. The van der Waals surface area contributed by atoms with Gasteiger partial charge in [-0.05, 0) is 0 Å². The van der Waals surface area contributed by atoms with E-state index in [2.05, 4.69) is 21.2 Å². The molecule has 0 unspecified atom stereocenters. The van der Waals surface area contributed by atoms with Crippen LogP contribution in [0.25, 0.3) is 0 Å². The SMILES string of the molecule is O=NN(CCCl)C(=O)NCCCl.O=NN(CCCl)C(=O)NCCCl. The maximum Gasteiger partial charge on any atom is 0.340 e. The smallest absolute Gasteiger partial charge is 0.335 e. The third-order valence-corrected chi connectivity index (χ3v) is 2.72. The first-order valence-corrected chi connectivity index (χ1v) is 8.67. The van der Waals surface area contributed by atoms with Crippen molar-refractivity contribution in [3.8, 4) is 0 Å². The van der Waals surface area contributed by atoms with Gasteiger partial charge in [-0.2, -0.15) is 10.0 Å². The van der Waals surface area contributed by atoms with Gasteiger partial charge in [-0.3, -0.25) is 0 Å². The van der Waals surface area contributed by atoms with Gasteiger partial charge in [0.05, 0.1) is 23.7 Å². The molecule has 14 heteroatoms. The molecule has 0 bridgehead atoms. The number of urea groups is 2. The number of hydrogen-bond donors (Lipinski definition) is 2. The molecule has 0 saturated carbocycles. The van der Waals surface area contributed by atoms with E-state index in [1.165, 1.54) is 0 Å². The van der Waals surface area contributed by atoms with Gasteiger partial charge in [-0.1, -0.05) is 0 Å². The molecule has 0 fully saturated rings. The van der Waals surface area contributed by atoms with Crippen molar-refractivity contribution >= 4 is 58.5 Å². The molecular formula is C10H18Cl4N6O4. The number of carbonyl (C=O) groups excluding carboxylic acids is 2. The quantitative estimate of drug-likeness (QED) is 0.315. The molecule has 0 aliphatic rings. The third kappa shape index (κ3) is 13.3. The number of hydrogen-bond acceptors (Lipinski definition) is 6. The maximum absolute atomic E-state index is 10.9. The van der Waals surface area contributed by atoms with E-state index < -0.39 is 12.1 Å². The van der Waals surface area contributed by atoms with Crippen LogP contribution in [0.15, 0.2) is 10.6 Å². The van der Waals surface area contributed by atoms with Gasteiger partial charge in [0, 0.05) is 36.6 Å². The fourth-order valence-corrected chi connectivity index (χ4v) is 1.52. The molecule has 0 atom stereocenters. The Hall–Kier alpha value is -1.10. The summed E-state index contributed by atoms with van der Waals surface area (Å²) in [5.41, 5.74) is 0. The summed E-state index contributed by atoms with van der Waals surface area (Å²) in [4.78, 5) is 41.9. The second-order valence-electron chi connectivity index (χ2n) is 3.63. The second-order valence-corrected chi connectivity index (χ2v) is 5.14. The molecule has 4 amide bonds. The molecule has 2 N–H and O–H groups in total. The fourth-order valence-electron chi connectivity index (χ4n) is 1.01. The molecule has 0 rings (SSSR count). The Morgan fingerprint density at radius 2 is 1.04 bits per heavy atom. The molecule has 0 radical (unpaired) electrons. The molecule has 0 aromatic rings. The summed E-state index contributed by atoms with van der Waals surface area (Å²) >= 11 is 21.2. The number of nitrogens with one attached hydrogen (secondary N) is 2. The van der Waals surface area contributed by atoms with Crippen LogP contribution < -0.4 is 10.6 Å². The number of alkyl halides is 4. The van der Waals surface area contributed by atoms with E-state index in [1.807, 2.05) is 0 Å². The molecule has 10 nitrogen and oxygen atoms in total. The number of nitrogens with zero attached hydrogens (tertiary/aromatic N) is 4. The Morgan fingerprint density at radius 3 is 1.25 bits per heavy atom. The number of amides is 4. The topological polar surface area (TPSA) is 124 Å². The Balaban J connectivity index is 0. The van der Waals surface area contributed by atoms with Crippen molar-refractivity contribution in [3.05, 3.63) is 9.81 Å². The summed E-state index contributed by atoms with van der Waals surface area (Å²) in [6.45, 7) is 0.793. The zero-order valence-corrected chi connectivity index (χ0v) is 15.6. The molecule has 140 valence electrons.